The summed E-state index contributed by atoms with van der Waals surface area (Å²) in [4.78, 5) is 5.79. The number of nitrogens with one attached hydrogen (secondary N) is 1. The van der Waals surface area contributed by atoms with Gasteiger partial charge in [0.05, 0.1) is 28.7 Å². The standard InChI is InChI=1S/C26H33N3O3S2/c1-3-22-14-24-25(33-22)8-11-32-26(24)9-10-29(18(2)15-26)17-20-12-21(13-20)28-34(30,31)23-6-4-19(16-27)5-7-23/h4-7,14,18,20-21,28H,3,8-13,15,17H2,1-2H3/t18-,20?,21?,26+/m0/s1. The number of piperidine rings is 1. The number of thiophene rings is 1. The monoisotopic (exact) mass is 499 g/mol. The summed E-state index contributed by atoms with van der Waals surface area (Å²) in [6.45, 7) is 7.41. The normalized spacial score (nSPS) is 29.4. The molecule has 0 bridgehead atoms. The molecular formula is C26H33N3O3S2. The Balaban J connectivity index is 1.14. The molecule has 0 unspecified atom stereocenters. The SMILES string of the molecule is CCc1cc2c(s1)CCO[C@@]21CCN(CC2CC(NS(=O)(=O)c3ccc(C#N)cc3)C2)[C@@H](C)C1. The number of likely N-dealkylation sites (tertiary alicyclic amines) is 1. The lowest BCUT2D eigenvalue weighted by atomic mass is 9.77. The molecule has 1 saturated carbocycles. The van der Waals surface area contributed by atoms with Crippen LogP contribution >= 0.6 is 11.3 Å². The van der Waals surface area contributed by atoms with E-state index in [2.05, 4.69) is 29.5 Å². The highest BCUT2D eigenvalue weighted by molar-refractivity contribution is 7.89. The van der Waals surface area contributed by atoms with Gasteiger partial charge in [0.15, 0.2) is 0 Å². The van der Waals surface area contributed by atoms with Crippen LogP contribution in [0.2, 0.25) is 0 Å². The van der Waals surface area contributed by atoms with Crippen LogP contribution < -0.4 is 4.72 Å². The first-order valence-corrected chi connectivity index (χ1v) is 14.6. The second-order valence-corrected chi connectivity index (χ2v) is 13.0. The number of aryl methyl sites for hydroxylation is 1. The third-order valence-electron chi connectivity index (χ3n) is 7.80. The topological polar surface area (TPSA) is 82.4 Å². The molecule has 1 saturated heterocycles. The Bertz CT molecular complexity index is 1180. The summed E-state index contributed by atoms with van der Waals surface area (Å²) < 4.78 is 34.6. The lowest BCUT2D eigenvalue weighted by molar-refractivity contribution is -0.114. The second-order valence-electron chi connectivity index (χ2n) is 10.1. The summed E-state index contributed by atoms with van der Waals surface area (Å²) in [5.41, 5.74) is 1.79. The zero-order chi connectivity index (χ0) is 23.9. The van der Waals surface area contributed by atoms with Gasteiger partial charge < -0.3 is 9.64 Å². The van der Waals surface area contributed by atoms with Crippen LogP contribution in [0, 0.1) is 17.2 Å². The summed E-state index contributed by atoms with van der Waals surface area (Å²) in [6.07, 6.45) is 5.94. The van der Waals surface area contributed by atoms with E-state index in [1.807, 2.05) is 17.4 Å². The van der Waals surface area contributed by atoms with Crippen molar-refractivity contribution in [1.29, 1.82) is 5.26 Å². The predicted octanol–water partition coefficient (Wildman–Crippen LogP) is 4.19. The number of rotatable bonds is 6. The van der Waals surface area contributed by atoms with E-state index in [9.17, 15) is 8.42 Å². The van der Waals surface area contributed by atoms with Gasteiger partial charge in [-0.3, -0.25) is 0 Å². The number of hydrogen-bond donors (Lipinski definition) is 1. The van der Waals surface area contributed by atoms with Crippen molar-refractivity contribution in [2.45, 2.75) is 75.0 Å². The van der Waals surface area contributed by atoms with Gasteiger partial charge in [0.1, 0.15) is 0 Å². The van der Waals surface area contributed by atoms with Crippen molar-refractivity contribution in [2.24, 2.45) is 5.92 Å². The summed E-state index contributed by atoms with van der Waals surface area (Å²) in [5.74, 6) is 0.515. The van der Waals surface area contributed by atoms with Gasteiger partial charge in [-0.2, -0.15) is 5.26 Å². The van der Waals surface area contributed by atoms with Crippen LogP contribution in [0.3, 0.4) is 0 Å². The van der Waals surface area contributed by atoms with Crippen LogP contribution in [0.25, 0.3) is 0 Å². The number of nitrogens with zero attached hydrogens (tertiary/aromatic N) is 2. The summed E-state index contributed by atoms with van der Waals surface area (Å²) in [7, 11) is -3.55. The molecule has 1 aliphatic carbocycles. The quantitative estimate of drug-likeness (QED) is 0.644. The van der Waals surface area contributed by atoms with E-state index in [4.69, 9.17) is 10.00 Å². The molecule has 2 aromatic rings. The molecule has 1 aromatic carbocycles. The molecule has 2 atom stereocenters. The minimum atomic E-state index is -3.55. The maximum atomic E-state index is 12.7. The average molecular weight is 500 g/mol. The van der Waals surface area contributed by atoms with Crippen LogP contribution in [0.4, 0.5) is 0 Å². The average Bonchev–Trinajstić information content (AvgIpc) is 3.24. The first-order chi connectivity index (χ1) is 16.3. The summed E-state index contributed by atoms with van der Waals surface area (Å²) in [6, 6.07) is 10.9. The summed E-state index contributed by atoms with van der Waals surface area (Å²) in [5, 5.41) is 8.91. The van der Waals surface area contributed by atoms with Crippen molar-refractivity contribution in [2.75, 3.05) is 19.7 Å². The first kappa shape index (κ1) is 24.0. The minimum Gasteiger partial charge on any atom is -0.370 e. The third kappa shape index (κ3) is 4.57. The predicted molar refractivity (Wildman–Crippen MR) is 133 cm³/mol. The van der Waals surface area contributed by atoms with Crippen LogP contribution in [0.5, 0.6) is 0 Å². The lowest BCUT2D eigenvalue weighted by Crippen LogP contribution is -2.54. The van der Waals surface area contributed by atoms with Crippen molar-refractivity contribution >= 4 is 21.4 Å². The van der Waals surface area contributed by atoms with Crippen LogP contribution in [-0.4, -0.2) is 45.1 Å². The molecule has 1 spiro atoms. The molecule has 5 rings (SSSR count). The van der Waals surface area contributed by atoms with Crippen molar-refractivity contribution < 1.29 is 13.2 Å². The molecule has 1 aromatic heterocycles. The van der Waals surface area contributed by atoms with Gasteiger partial charge in [0.25, 0.3) is 0 Å². The number of nitriles is 1. The fourth-order valence-corrected chi connectivity index (χ4v) is 8.29. The summed E-state index contributed by atoms with van der Waals surface area (Å²) >= 11 is 1.97. The van der Waals surface area contributed by atoms with Crippen molar-refractivity contribution in [3.05, 3.63) is 51.2 Å². The highest BCUT2D eigenvalue weighted by Crippen LogP contribution is 2.46. The van der Waals surface area contributed by atoms with Crippen molar-refractivity contribution in [3.8, 4) is 6.07 Å². The molecule has 3 heterocycles. The van der Waals surface area contributed by atoms with Gasteiger partial charge in [-0.05, 0) is 80.8 Å². The maximum Gasteiger partial charge on any atom is 0.240 e. The van der Waals surface area contributed by atoms with E-state index >= 15 is 0 Å². The van der Waals surface area contributed by atoms with Gasteiger partial charge in [-0.15, -0.1) is 11.3 Å². The van der Waals surface area contributed by atoms with E-state index in [0.717, 1.165) is 58.2 Å². The van der Waals surface area contributed by atoms with Gasteiger partial charge in [-0.1, -0.05) is 6.92 Å². The second kappa shape index (κ2) is 9.36. The van der Waals surface area contributed by atoms with Gasteiger partial charge >= 0.3 is 0 Å². The molecular weight excluding hydrogens is 466 g/mol. The lowest BCUT2D eigenvalue weighted by Gasteiger charge is -2.49. The smallest absolute Gasteiger partial charge is 0.240 e. The largest absolute Gasteiger partial charge is 0.370 e. The van der Waals surface area contributed by atoms with E-state index < -0.39 is 10.0 Å². The van der Waals surface area contributed by atoms with Crippen LogP contribution in [-0.2, 0) is 33.2 Å². The highest BCUT2D eigenvalue weighted by atomic mass is 32.2. The Morgan fingerprint density at radius 2 is 2.06 bits per heavy atom. The molecule has 6 nitrogen and oxygen atoms in total. The fourth-order valence-electron chi connectivity index (χ4n) is 5.86. The van der Waals surface area contributed by atoms with Gasteiger partial charge in [0.2, 0.25) is 10.0 Å². The van der Waals surface area contributed by atoms with E-state index in [-0.39, 0.29) is 16.5 Å². The zero-order valence-corrected chi connectivity index (χ0v) is 21.6. The highest BCUT2D eigenvalue weighted by Gasteiger charge is 2.45. The minimum absolute atomic E-state index is 0.0143. The van der Waals surface area contributed by atoms with Crippen LogP contribution in [0.15, 0.2) is 35.2 Å². The zero-order valence-electron chi connectivity index (χ0n) is 19.9. The number of fused-ring (bicyclic) bond motifs is 2. The Labute approximate surface area is 207 Å². The van der Waals surface area contributed by atoms with Gasteiger partial charge in [-0.25, -0.2) is 13.1 Å². The Morgan fingerprint density at radius 3 is 2.74 bits per heavy atom. The van der Waals surface area contributed by atoms with E-state index in [1.165, 1.54) is 27.5 Å². The Kier molecular flexibility index (Phi) is 6.60. The Morgan fingerprint density at radius 1 is 1.29 bits per heavy atom. The molecule has 3 aliphatic rings. The molecule has 0 amide bonds. The van der Waals surface area contributed by atoms with Gasteiger partial charge in [0, 0.05) is 41.3 Å². The molecule has 0 radical (unpaired) electrons. The number of hydrogen-bond acceptors (Lipinski definition) is 6. The number of ether oxygens (including phenoxy) is 1. The van der Waals surface area contributed by atoms with Crippen LogP contribution in [0.1, 0.15) is 60.4 Å². The molecule has 34 heavy (non-hydrogen) atoms. The molecule has 2 aliphatic heterocycles. The molecule has 182 valence electrons. The number of sulfonamides is 1. The maximum absolute atomic E-state index is 12.7. The molecule has 8 heteroatoms. The van der Waals surface area contributed by atoms with Crippen molar-refractivity contribution in [3.63, 3.8) is 0 Å². The number of benzene rings is 1. The third-order valence-corrected chi connectivity index (χ3v) is 10.7. The van der Waals surface area contributed by atoms with E-state index in [0.29, 0.717) is 17.5 Å². The Hall–Kier alpha value is -1.76. The van der Waals surface area contributed by atoms with Crippen molar-refractivity contribution in [1.82, 2.24) is 9.62 Å². The first-order valence-electron chi connectivity index (χ1n) is 12.3. The fraction of sp³-hybridized carbons (Fsp3) is 0.577. The van der Waals surface area contributed by atoms with E-state index in [1.54, 1.807) is 12.1 Å². The molecule has 2 fully saturated rings. The molecule has 1 N–H and O–H groups in total.